The molecule has 3 aromatic rings. The van der Waals surface area contributed by atoms with E-state index in [4.69, 9.17) is 0 Å². The summed E-state index contributed by atoms with van der Waals surface area (Å²) in [5.41, 5.74) is 0.353. The minimum atomic E-state index is -4.45. The smallest absolute Gasteiger partial charge is 0.388 e. The van der Waals surface area contributed by atoms with Crippen molar-refractivity contribution >= 4 is 11.6 Å². The van der Waals surface area contributed by atoms with E-state index < -0.39 is 17.3 Å². The molecule has 0 saturated heterocycles. The molecule has 0 amide bonds. The van der Waals surface area contributed by atoms with Gasteiger partial charge in [0.25, 0.3) is 0 Å². The molecule has 7 nitrogen and oxygen atoms in total. The fourth-order valence-electron chi connectivity index (χ4n) is 3.21. The van der Waals surface area contributed by atoms with Crippen LogP contribution in [-0.2, 0) is 12.7 Å². The summed E-state index contributed by atoms with van der Waals surface area (Å²) in [5, 5.41) is 21.2. The molecule has 3 aromatic heterocycles. The van der Waals surface area contributed by atoms with Gasteiger partial charge in [0, 0.05) is 6.20 Å². The van der Waals surface area contributed by atoms with Crippen LogP contribution < -0.4 is 5.32 Å². The van der Waals surface area contributed by atoms with Gasteiger partial charge in [0.2, 0.25) is 0 Å². The van der Waals surface area contributed by atoms with Crippen LogP contribution in [0, 0.1) is 6.92 Å². The predicted molar refractivity (Wildman–Crippen MR) is 99.3 cm³/mol. The van der Waals surface area contributed by atoms with Gasteiger partial charge < -0.3 is 10.4 Å². The molecule has 1 fully saturated rings. The minimum absolute atomic E-state index is 0.0414. The quantitative estimate of drug-likeness (QED) is 0.674. The third kappa shape index (κ3) is 4.37. The van der Waals surface area contributed by atoms with Crippen molar-refractivity contribution in [1.29, 1.82) is 0 Å². The largest absolute Gasteiger partial charge is 0.416 e. The Hall–Kier alpha value is -3.01. The number of nitrogens with one attached hydrogen (secondary N) is 1. The average Bonchev–Trinajstić information content (AvgIpc) is 3.08. The summed E-state index contributed by atoms with van der Waals surface area (Å²) in [4.78, 5) is 8.35. The van der Waals surface area contributed by atoms with E-state index in [2.05, 4.69) is 25.6 Å². The van der Waals surface area contributed by atoms with Crippen LogP contribution in [0.2, 0.25) is 0 Å². The van der Waals surface area contributed by atoms with Gasteiger partial charge in [-0.2, -0.15) is 13.2 Å². The second kappa shape index (κ2) is 7.11. The van der Waals surface area contributed by atoms with Gasteiger partial charge in [-0.15, -0.1) is 5.10 Å². The van der Waals surface area contributed by atoms with E-state index >= 15 is 0 Å². The van der Waals surface area contributed by atoms with E-state index in [1.54, 1.807) is 23.0 Å². The molecule has 0 aromatic carbocycles. The van der Waals surface area contributed by atoms with E-state index in [-0.39, 0.29) is 5.82 Å². The van der Waals surface area contributed by atoms with Crippen molar-refractivity contribution in [3.05, 3.63) is 47.8 Å². The zero-order valence-electron chi connectivity index (χ0n) is 15.6. The van der Waals surface area contributed by atoms with E-state index in [0.29, 0.717) is 23.8 Å². The van der Waals surface area contributed by atoms with Crippen molar-refractivity contribution in [2.75, 3.05) is 5.32 Å². The first kappa shape index (κ1) is 19.3. The summed E-state index contributed by atoms with van der Waals surface area (Å²) in [5.74, 6) is 0.388. The summed E-state index contributed by atoms with van der Waals surface area (Å²) in [6, 6.07) is 5.35. The zero-order valence-corrected chi connectivity index (χ0v) is 15.6. The van der Waals surface area contributed by atoms with Crippen LogP contribution in [0.25, 0.3) is 11.4 Å². The monoisotopic (exact) mass is 404 g/mol. The molecule has 1 aliphatic rings. The van der Waals surface area contributed by atoms with Crippen LogP contribution in [0.5, 0.6) is 0 Å². The molecular weight excluding hydrogens is 385 g/mol. The van der Waals surface area contributed by atoms with E-state index in [9.17, 15) is 18.3 Å². The Morgan fingerprint density at radius 3 is 2.66 bits per heavy atom. The van der Waals surface area contributed by atoms with Gasteiger partial charge in [-0.3, -0.25) is 0 Å². The maximum absolute atomic E-state index is 12.9. The second-order valence-electron chi connectivity index (χ2n) is 7.35. The highest BCUT2D eigenvalue weighted by atomic mass is 19.4. The van der Waals surface area contributed by atoms with Gasteiger partial charge in [-0.25, -0.2) is 14.6 Å². The van der Waals surface area contributed by atoms with E-state index in [0.717, 1.165) is 43.2 Å². The lowest BCUT2D eigenvalue weighted by atomic mass is 9.80. The lowest BCUT2D eigenvalue weighted by Gasteiger charge is -2.36. The highest BCUT2D eigenvalue weighted by Crippen LogP contribution is 2.33. The molecule has 0 bridgehead atoms. The Kier molecular flexibility index (Phi) is 4.73. The number of aryl methyl sites for hydroxylation is 1. The van der Waals surface area contributed by atoms with Crippen molar-refractivity contribution in [3.8, 4) is 11.4 Å². The molecule has 0 unspecified atom stereocenters. The first-order valence-corrected chi connectivity index (χ1v) is 9.12. The SMILES string of the molecule is Cc1cc(Nc2cc(C(F)(F)F)ccn2)nc(-c2cn(CC3(O)CCC3)nn2)c1. The molecule has 0 radical (unpaired) electrons. The summed E-state index contributed by atoms with van der Waals surface area (Å²) < 4.78 is 40.3. The molecule has 1 saturated carbocycles. The molecule has 0 spiro atoms. The van der Waals surface area contributed by atoms with E-state index in [1.165, 1.54) is 0 Å². The number of aromatic nitrogens is 5. The molecular formula is C19H19F3N6O. The minimum Gasteiger partial charge on any atom is -0.388 e. The number of aliphatic hydroxyl groups is 1. The Labute approximate surface area is 164 Å². The Morgan fingerprint density at radius 2 is 1.97 bits per heavy atom. The number of alkyl halides is 3. The van der Waals surface area contributed by atoms with Gasteiger partial charge >= 0.3 is 6.18 Å². The first-order chi connectivity index (χ1) is 13.7. The van der Waals surface area contributed by atoms with Crippen LogP contribution in [-0.4, -0.2) is 35.7 Å². The zero-order chi connectivity index (χ0) is 20.6. The van der Waals surface area contributed by atoms with Gasteiger partial charge in [-0.05, 0) is 56.0 Å². The van der Waals surface area contributed by atoms with Gasteiger partial charge in [0.15, 0.2) is 0 Å². The summed E-state index contributed by atoms with van der Waals surface area (Å²) in [6.07, 6.45) is 0.818. The number of hydrogen-bond acceptors (Lipinski definition) is 6. The van der Waals surface area contributed by atoms with Gasteiger partial charge in [0.05, 0.1) is 29.6 Å². The first-order valence-electron chi connectivity index (χ1n) is 9.12. The normalized spacial score (nSPS) is 15.8. The average molecular weight is 404 g/mol. The van der Waals surface area contributed by atoms with Crippen molar-refractivity contribution < 1.29 is 18.3 Å². The maximum atomic E-state index is 12.9. The third-order valence-corrected chi connectivity index (χ3v) is 4.85. The predicted octanol–water partition coefficient (Wildman–Crippen LogP) is 3.72. The van der Waals surface area contributed by atoms with Crippen molar-refractivity contribution in [3.63, 3.8) is 0 Å². The molecule has 10 heteroatoms. The number of hydrogen-bond donors (Lipinski definition) is 2. The topological polar surface area (TPSA) is 88.8 Å². The van der Waals surface area contributed by atoms with Crippen molar-refractivity contribution in [2.24, 2.45) is 0 Å². The Morgan fingerprint density at radius 1 is 1.17 bits per heavy atom. The summed E-state index contributed by atoms with van der Waals surface area (Å²) in [6.45, 7) is 2.21. The van der Waals surface area contributed by atoms with Gasteiger partial charge in [-0.1, -0.05) is 5.21 Å². The molecule has 0 atom stereocenters. The second-order valence-corrected chi connectivity index (χ2v) is 7.35. The van der Waals surface area contributed by atoms with Crippen LogP contribution in [0.3, 0.4) is 0 Å². The van der Waals surface area contributed by atoms with Crippen LogP contribution in [0.15, 0.2) is 36.7 Å². The Balaban J connectivity index is 1.56. The fourth-order valence-corrected chi connectivity index (χ4v) is 3.21. The van der Waals surface area contributed by atoms with Gasteiger partial charge in [0.1, 0.15) is 17.3 Å². The number of nitrogens with zero attached hydrogens (tertiary/aromatic N) is 5. The molecule has 152 valence electrons. The highest BCUT2D eigenvalue weighted by molar-refractivity contribution is 5.61. The van der Waals surface area contributed by atoms with Crippen LogP contribution >= 0.6 is 0 Å². The highest BCUT2D eigenvalue weighted by Gasteiger charge is 2.35. The maximum Gasteiger partial charge on any atom is 0.416 e. The van der Waals surface area contributed by atoms with Crippen molar-refractivity contribution in [2.45, 2.75) is 44.5 Å². The number of anilines is 2. The summed E-state index contributed by atoms with van der Waals surface area (Å²) in [7, 11) is 0. The molecule has 4 rings (SSSR count). The fraction of sp³-hybridized carbons (Fsp3) is 0.368. The van der Waals surface area contributed by atoms with Crippen molar-refractivity contribution in [1.82, 2.24) is 25.0 Å². The Bertz CT molecular complexity index is 1030. The molecule has 0 aliphatic heterocycles. The third-order valence-electron chi connectivity index (χ3n) is 4.85. The molecule has 1 aliphatic carbocycles. The molecule has 29 heavy (non-hydrogen) atoms. The lowest BCUT2D eigenvalue weighted by Crippen LogP contribution is -2.41. The van der Waals surface area contributed by atoms with Crippen LogP contribution in [0.1, 0.15) is 30.4 Å². The number of halogens is 3. The number of pyridine rings is 2. The lowest BCUT2D eigenvalue weighted by molar-refractivity contribution is -0.137. The number of rotatable bonds is 5. The standard InChI is InChI=1S/C19H19F3N6O/c1-12-7-14(15-10-28(27-26-15)11-18(29)4-2-5-18)24-17(8-12)25-16-9-13(3-6-23-16)19(20,21)22/h3,6-10,29H,2,4-5,11H2,1H3,(H,23,24,25). The summed E-state index contributed by atoms with van der Waals surface area (Å²) >= 11 is 0. The van der Waals surface area contributed by atoms with Crippen LogP contribution in [0.4, 0.5) is 24.8 Å². The molecule has 3 heterocycles. The van der Waals surface area contributed by atoms with E-state index in [1.807, 2.05) is 6.92 Å². The molecule has 2 N–H and O–H groups in total.